The summed E-state index contributed by atoms with van der Waals surface area (Å²) in [6, 6.07) is 7.26. The molecule has 0 unspecified atom stereocenters. The van der Waals surface area contributed by atoms with Crippen LogP contribution in [0.1, 0.15) is 39.8 Å². The van der Waals surface area contributed by atoms with Crippen LogP contribution in [-0.2, 0) is 6.42 Å². The molecule has 0 fully saturated rings. The van der Waals surface area contributed by atoms with Crippen molar-refractivity contribution in [2.75, 3.05) is 7.11 Å². The third-order valence-corrected chi connectivity index (χ3v) is 3.25. The van der Waals surface area contributed by atoms with Gasteiger partial charge in [-0.05, 0) is 50.1 Å². The molecule has 1 aromatic carbocycles. The summed E-state index contributed by atoms with van der Waals surface area (Å²) in [5.74, 6) is 0.735. The first kappa shape index (κ1) is 14.2. The molecule has 4 heteroatoms. The van der Waals surface area contributed by atoms with Crippen molar-refractivity contribution in [1.82, 2.24) is 10.2 Å². The van der Waals surface area contributed by atoms with Crippen LogP contribution in [0, 0.1) is 13.8 Å². The van der Waals surface area contributed by atoms with Crippen molar-refractivity contribution in [2.45, 2.75) is 27.2 Å². The molecule has 0 atom stereocenters. The highest BCUT2D eigenvalue weighted by atomic mass is 16.5. The zero-order valence-corrected chi connectivity index (χ0v) is 12.2. The van der Waals surface area contributed by atoms with E-state index < -0.39 is 0 Å². The maximum atomic E-state index is 12.7. The summed E-state index contributed by atoms with van der Waals surface area (Å²) in [5.41, 5.74) is 3.68. The Morgan fingerprint density at radius 3 is 2.50 bits per heavy atom. The molecule has 0 aliphatic carbocycles. The van der Waals surface area contributed by atoms with Gasteiger partial charge in [0, 0.05) is 11.1 Å². The summed E-state index contributed by atoms with van der Waals surface area (Å²) >= 11 is 0. The van der Waals surface area contributed by atoms with Gasteiger partial charge in [-0.25, -0.2) is 0 Å². The van der Waals surface area contributed by atoms with Gasteiger partial charge in [0.25, 0.3) is 0 Å². The lowest BCUT2D eigenvalue weighted by Crippen LogP contribution is -2.10. The molecule has 20 heavy (non-hydrogen) atoms. The number of benzene rings is 1. The van der Waals surface area contributed by atoms with E-state index in [4.69, 9.17) is 4.74 Å². The SMILES string of the molecule is CCc1nnc(C)cc1C(=O)c1ccc(OC)cc1C. The highest BCUT2D eigenvalue weighted by molar-refractivity contribution is 6.10. The number of nitrogens with zero attached hydrogens (tertiary/aromatic N) is 2. The number of hydrogen-bond donors (Lipinski definition) is 0. The first-order valence-corrected chi connectivity index (χ1v) is 6.59. The van der Waals surface area contributed by atoms with Gasteiger partial charge in [-0.2, -0.15) is 10.2 Å². The normalized spacial score (nSPS) is 10.4. The van der Waals surface area contributed by atoms with E-state index in [2.05, 4.69) is 10.2 Å². The van der Waals surface area contributed by atoms with Gasteiger partial charge in [-0.15, -0.1) is 0 Å². The van der Waals surface area contributed by atoms with Crippen LogP contribution in [0.4, 0.5) is 0 Å². The second kappa shape index (κ2) is 5.82. The van der Waals surface area contributed by atoms with Crippen LogP contribution < -0.4 is 4.74 Å². The molecule has 0 aliphatic heterocycles. The van der Waals surface area contributed by atoms with Crippen LogP contribution >= 0.6 is 0 Å². The van der Waals surface area contributed by atoms with Crippen LogP contribution in [0.25, 0.3) is 0 Å². The van der Waals surface area contributed by atoms with E-state index in [9.17, 15) is 4.79 Å². The molecule has 0 N–H and O–H groups in total. The smallest absolute Gasteiger partial charge is 0.195 e. The molecule has 0 saturated carbocycles. The maximum Gasteiger partial charge on any atom is 0.195 e. The minimum Gasteiger partial charge on any atom is -0.497 e. The van der Waals surface area contributed by atoms with Crippen LogP contribution in [0.15, 0.2) is 24.3 Å². The largest absolute Gasteiger partial charge is 0.497 e. The number of rotatable bonds is 4. The van der Waals surface area contributed by atoms with Gasteiger partial charge >= 0.3 is 0 Å². The zero-order valence-electron chi connectivity index (χ0n) is 12.2. The van der Waals surface area contributed by atoms with E-state index in [-0.39, 0.29) is 5.78 Å². The number of ether oxygens (including phenoxy) is 1. The molecule has 1 heterocycles. The number of carbonyl (C=O) groups excluding carboxylic acids is 1. The van der Waals surface area contributed by atoms with E-state index in [0.29, 0.717) is 17.5 Å². The van der Waals surface area contributed by atoms with Crippen LogP contribution in [0.2, 0.25) is 0 Å². The van der Waals surface area contributed by atoms with Gasteiger partial charge in [0.2, 0.25) is 0 Å². The average molecular weight is 270 g/mol. The van der Waals surface area contributed by atoms with E-state index in [0.717, 1.165) is 22.7 Å². The minimum absolute atomic E-state index is 0.0139. The third kappa shape index (κ3) is 2.69. The lowest BCUT2D eigenvalue weighted by atomic mass is 9.97. The van der Waals surface area contributed by atoms with Gasteiger partial charge in [0.15, 0.2) is 5.78 Å². The predicted octanol–water partition coefficient (Wildman–Crippen LogP) is 2.90. The topological polar surface area (TPSA) is 52.1 Å². The summed E-state index contributed by atoms with van der Waals surface area (Å²) in [6.07, 6.45) is 0.684. The van der Waals surface area contributed by atoms with Crippen LogP contribution in [0.3, 0.4) is 0 Å². The van der Waals surface area contributed by atoms with Gasteiger partial charge in [-0.1, -0.05) is 6.92 Å². The molecule has 0 bridgehead atoms. The molecule has 0 spiro atoms. The van der Waals surface area contributed by atoms with Gasteiger partial charge in [0.1, 0.15) is 5.75 Å². The fraction of sp³-hybridized carbons (Fsp3) is 0.312. The summed E-state index contributed by atoms with van der Waals surface area (Å²) in [4.78, 5) is 12.7. The van der Waals surface area contributed by atoms with Crippen molar-refractivity contribution >= 4 is 5.78 Å². The zero-order chi connectivity index (χ0) is 14.7. The van der Waals surface area contributed by atoms with Crippen molar-refractivity contribution in [1.29, 1.82) is 0 Å². The second-order valence-corrected chi connectivity index (χ2v) is 4.71. The number of carbonyl (C=O) groups is 1. The Morgan fingerprint density at radius 2 is 1.90 bits per heavy atom. The molecule has 0 radical (unpaired) electrons. The Kier molecular flexibility index (Phi) is 4.13. The van der Waals surface area contributed by atoms with E-state index in [1.54, 1.807) is 25.3 Å². The summed E-state index contributed by atoms with van der Waals surface area (Å²) in [5, 5.41) is 8.13. The Hall–Kier alpha value is -2.23. The highest BCUT2D eigenvalue weighted by Crippen LogP contribution is 2.21. The molecule has 4 nitrogen and oxygen atoms in total. The van der Waals surface area contributed by atoms with Crippen molar-refractivity contribution < 1.29 is 9.53 Å². The molecule has 104 valence electrons. The maximum absolute atomic E-state index is 12.7. The monoisotopic (exact) mass is 270 g/mol. The van der Waals surface area contributed by atoms with Gasteiger partial charge in [-0.3, -0.25) is 4.79 Å². The van der Waals surface area contributed by atoms with Gasteiger partial charge < -0.3 is 4.74 Å². The molecule has 0 amide bonds. The van der Waals surface area contributed by atoms with Crippen LogP contribution in [0.5, 0.6) is 5.75 Å². The van der Waals surface area contributed by atoms with Crippen molar-refractivity contribution in [3.8, 4) is 5.75 Å². The lowest BCUT2D eigenvalue weighted by molar-refractivity contribution is 0.103. The standard InChI is InChI=1S/C16H18N2O2/c1-5-15-14(9-11(3)17-18-15)16(19)13-7-6-12(20-4)8-10(13)2/h6-9H,5H2,1-4H3. The molecular weight excluding hydrogens is 252 g/mol. The number of aromatic nitrogens is 2. The predicted molar refractivity (Wildman–Crippen MR) is 77.3 cm³/mol. The Balaban J connectivity index is 2.48. The summed E-state index contributed by atoms with van der Waals surface area (Å²) in [6.45, 7) is 5.71. The molecule has 2 rings (SSSR count). The fourth-order valence-corrected chi connectivity index (χ4v) is 2.13. The van der Waals surface area contributed by atoms with Crippen molar-refractivity contribution in [3.05, 3.63) is 52.3 Å². The fourth-order valence-electron chi connectivity index (χ4n) is 2.13. The van der Waals surface area contributed by atoms with Crippen molar-refractivity contribution in [2.24, 2.45) is 0 Å². The van der Waals surface area contributed by atoms with E-state index >= 15 is 0 Å². The van der Waals surface area contributed by atoms with E-state index in [1.807, 2.05) is 26.8 Å². The Morgan fingerprint density at radius 1 is 1.15 bits per heavy atom. The molecule has 0 aliphatic rings. The molecule has 0 saturated heterocycles. The Labute approximate surface area is 118 Å². The first-order chi connectivity index (χ1) is 9.56. The van der Waals surface area contributed by atoms with Gasteiger partial charge in [0.05, 0.1) is 18.5 Å². The first-order valence-electron chi connectivity index (χ1n) is 6.59. The highest BCUT2D eigenvalue weighted by Gasteiger charge is 2.17. The quantitative estimate of drug-likeness (QED) is 0.802. The summed E-state index contributed by atoms with van der Waals surface area (Å²) < 4.78 is 5.17. The molecular formula is C16H18N2O2. The minimum atomic E-state index is -0.0139. The summed E-state index contributed by atoms with van der Waals surface area (Å²) in [7, 11) is 1.61. The number of aryl methyl sites for hydroxylation is 3. The molecule has 2 aromatic rings. The number of methoxy groups -OCH3 is 1. The average Bonchev–Trinajstić information content (AvgIpc) is 2.46. The number of hydrogen-bond acceptors (Lipinski definition) is 4. The second-order valence-electron chi connectivity index (χ2n) is 4.71. The third-order valence-electron chi connectivity index (χ3n) is 3.25. The van der Waals surface area contributed by atoms with E-state index in [1.165, 1.54) is 0 Å². The lowest BCUT2D eigenvalue weighted by Gasteiger charge is -2.10. The Bertz CT molecular complexity index is 651. The number of ketones is 1. The van der Waals surface area contributed by atoms with Crippen molar-refractivity contribution in [3.63, 3.8) is 0 Å². The van der Waals surface area contributed by atoms with Crippen LogP contribution in [-0.4, -0.2) is 23.1 Å². The molecule has 1 aromatic heterocycles.